The fourth-order valence-corrected chi connectivity index (χ4v) is 3.25. The van der Waals surface area contributed by atoms with Crippen molar-refractivity contribution in [1.29, 1.82) is 0 Å². The minimum atomic E-state index is -0.193. The molecule has 0 aliphatic carbocycles. The molecule has 1 aromatic carbocycles. The fraction of sp³-hybridized carbons (Fsp3) is 0.471. The largest absolute Gasteiger partial charge is 0.383 e. The number of aromatic nitrogens is 1. The molecule has 2 atom stereocenters. The zero-order chi connectivity index (χ0) is 15.5. The number of hydrogen-bond donors (Lipinski definition) is 1. The molecule has 1 saturated heterocycles. The van der Waals surface area contributed by atoms with Crippen LogP contribution in [-0.4, -0.2) is 29.7 Å². The van der Waals surface area contributed by atoms with Crippen LogP contribution in [0.3, 0.4) is 0 Å². The van der Waals surface area contributed by atoms with Gasteiger partial charge in [-0.3, -0.25) is 4.79 Å². The number of nitrogens with zero attached hydrogens (tertiary/aromatic N) is 1. The molecule has 0 spiro atoms. The summed E-state index contributed by atoms with van der Waals surface area (Å²) in [5, 5.41) is 2.38. The van der Waals surface area contributed by atoms with Gasteiger partial charge in [0.2, 0.25) is 0 Å². The number of aryl methyl sites for hydroxylation is 1. The lowest BCUT2D eigenvalue weighted by Crippen LogP contribution is -2.39. The topological polar surface area (TPSA) is 49.2 Å². The van der Waals surface area contributed by atoms with Crippen molar-refractivity contribution in [2.45, 2.75) is 37.6 Å². The van der Waals surface area contributed by atoms with Crippen molar-refractivity contribution in [3.05, 3.63) is 57.8 Å². The second kappa shape index (κ2) is 6.48. The zero-order valence-corrected chi connectivity index (χ0v) is 12.7. The molecule has 2 heterocycles. The lowest BCUT2D eigenvalue weighted by molar-refractivity contribution is 0.149. The smallest absolute Gasteiger partial charge is 0.280 e. The summed E-state index contributed by atoms with van der Waals surface area (Å²) >= 11 is 0. The Balaban J connectivity index is 1.61. The second-order valence-corrected chi connectivity index (χ2v) is 6.14. The van der Waals surface area contributed by atoms with E-state index in [2.05, 4.69) is 17.1 Å². The molecule has 1 aliphatic rings. The van der Waals surface area contributed by atoms with Crippen molar-refractivity contribution in [3.8, 4) is 0 Å². The Morgan fingerprint density at radius 2 is 2.14 bits per heavy atom. The van der Waals surface area contributed by atoms with E-state index >= 15 is 0 Å². The molecule has 1 aliphatic heterocycles. The Morgan fingerprint density at radius 3 is 2.82 bits per heavy atom. The minimum absolute atomic E-state index is 0.170. The van der Waals surface area contributed by atoms with Crippen LogP contribution in [0.4, 0.5) is 4.39 Å². The van der Waals surface area contributed by atoms with Crippen LogP contribution in [0.5, 0.6) is 0 Å². The highest BCUT2D eigenvalue weighted by molar-refractivity contribution is 5.16. The first-order valence-electron chi connectivity index (χ1n) is 7.75. The van der Waals surface area contributed by atoms with Crippen LogP contribution < -0.4 is 5.56 Å². The molecule has 3 rings (SSSR count). The van der Waals surface area contributed by atoms with Crippen LogP contribution in [-0.2, 0) is 6.42 Å². The van der Waals surface area contributed by atoms with Gasteiger partial charge in [0.1, 0.15) is 11.6 Å². The highest BCUT2D eigenvalue weighted by atomic mass is 19.1. The van der Waals surface area contributed by atoms with Gasteiger partial charge in [-0.25, -0.2) is 4.39 Å². The summed E-state index contributed by atoms with van der Waals surface area (Å²) in [5.74, 6) is 0.874. The summed E-state index contributed by atoms with van der Waals surface area (Å²) in [6.07, 6.45) is 3.94. The standard InChI is InChI=1S/C17H21FN2O2/c1-20-9-8-13(16-11-17(21)19-22-16)10-15(20)7-4-12-2-5-14(18)6-3-12/h2-3,5-6,11,13,15H,4,7-10H2,1H3,(H,19,21)/t13-,15+/m0/s1. The summed E-state index contributed by atoms with van der Waals surface area (Å²) < 4.78 is 18.2. The van der Waals surface area contributed by atoms with Crippen molar-refractivity contribution in [2.24, 2.45) is 0 Å². The van der Waals surface area contributed by atoms with E-state index in [9.17, 15) is 9.18 Å². The molecule has 1 N–H and O–H groups in total. The predicted molar refractivity (Wildman–Crippen MR) is 82.4 cm³/mol. The van der Waals surface area contributed by atoms with Gasteiger partial charge < -0.3 is 9.42 Å². The average molecular weight is 304 g/mol. The Labute approximate surface area is 128 Å². The summed E-state index contributed by atoms with van der Waals surface area (Å²) in [4.78, 5) is 13.6. The zero-order valence-electron chi connectivity index (χ0n) is 12.7. The maximum absolute atomic E-state index is 12.9. The third-order valence-electron chi connectivity index (χ3n) is 4.63. The van der Waals surface area contributed by atoms with Gasteiger partial charge in [-0.05, 0) is 57.0 Å². The molecule has 118 valence electrons. The molecule has 0 unspecified atom stereocenters. The number of piperidine rings is 1. The number of H-pyrrole nitrogens is 1. The molecule has 2 aromatic rings. The number of halogens is 1. The molecule has 5 heteroatoms. The summed E-state index contributed by atoms with van der Waals surface area (Å²) in [6.45, 7) is 0.994. The summed E-state index contributed by atoms with van der Waals surface area (Å²) in [7, 11) is 2.14. The van der Waals surface area contributed by atoms with Gasteiger partial charge in [-0.15, -0.1) is 0 Å². The quantitative estimate of drug-likeness (QED) is 0.945. The Hall–Kier alpha value is -1.88. The Kier molecular flexibility index (Phi) is 4.43. The molecule has 1 fully saturated rings. The predicted octanol–water partition coefficient (Wildman–Crippen LogP) is 2.92. The van der Waals surface area contributed by atoms with E-state index in [-0.39, 0.29) is 11.4 Å². The molecule has 1 aromatic heterocycles. The third-order valence-corrected chi connectivity index (χ3v) is 4.63. The third kappa shape index (κ3) is 3.47. The minimum Gasteiger partial charge on any atom is -0.383 e. The Morgan fingerprint density at radius 1 is 1.36 bits per heavy atom. The van der Waals surface area contributed by atoms with Crippen molar-refractivity contribution in [1.82, 2.24) is 10.1 Å². The first kappa shape index (κ1) is 15.0. The van der Waals surface area contributed by atoms with E-state index < -0.39 is 0 Å². The highest BCUT2D eigenvalue weighted by Gasteiger charge is 2.28. The number of rotatable bonds is 4. The van der Waals surface area contributed by atoms with Crippen LogP contribution in [0, 0.1) is 5.82 Å². The van der Waals surface area contributed by atoms with Gasteiger partial charge in [0.15, 0.2) is 0 Å². The van der Waals surface area contributed by atoms with Gasteiger partial charge in [0.05, 0.1) is 0 Å². The second-order valence-electron chi connectivity index (χ2n) is 6.14. The molecular formula is C17H21FN2O2. The van der Waals surface area contributed by atoms with E-state index in [1.165, 1.54) is 12.1 Å². The van der Waals surface area contributed by atoms with Crippen LogP contribution in [0.15, 0.2) is 39.6 Å². The van der Waals surface area contributed by atoms with Gasteiger partial charge in [-0.2, -0.15) is 5.16 Å². The highest BCUT2D eigenvalue weighted by Crippen LogP contribution is 2.31. The number of aromatic amines is 1. The molecule has 0 saturated carbocycles. The van der Waals surface area contributed by atoms with E-state index in [4.69, 9.17) is 4.52 Å². The van der Waals surface area contributed by atoms with Crippen molar-refractivity contribution in [3.63, 3.8) is 0 Å². The fourth-order valence-electron chi connectivity index (χ4n) is 3.25. The number of benzene rings is 1. The molecule has 22 heavy (non-hydrogen) atoms. The lowest BCUT2D eigenvalue weighted by atomic mass is 9.86. The van der Waals surface area contributed by atoms with Crippen molar-refractivity contribution >= 4 is 0 Å². The van der Waals surface area contributed by atoms with Gasteiger partial charge in [0.25, 0.3) is 5.56 Å². The molecular weight excluding hydrogens is 283 g/mol. The van der Waals surface area contributed by atoms with E-state index in [0.717, 1.165) is 43.6 Å². The van der Waals surface area contributed by atoms with E-state index in [0.29, 0.717) is 12.0 Å². The first-order chi connectivity index (χ1) is 10.6. The van der Waals surface area contributed by atoms with Crippen molar-refractivity contribution in [2.75, 3.05) is 13.6 Å². The van der Waals surface area contributed by atoms with Crippen molar-refractivity contribution < 1.29 is 8.91 Å². The normalized spacial score (nSPS) is 22.8. The average Bonchev–Trinajstić information content (AvgIpc) is 2.95. The van der Waals surface area contributed by atoms with Crippen LogP contribution in [0.2, 0.25) is 0 Å². The van der Waals surface area contributed by atoms with Crippen LogP contribution in [0.1, 0.15) is 36.5 Å². The maximum Gasteiger partial charge on any atom is 0.280 e. The van der Waals surface area contributed by atoms with E-state index in [1.807, 2.05) is 12.1 Å². The number of likely N-dealkylation sites (tertiary alicyclic amines) is 1. The molecule has 0 radical (unpaired) electrons. The van der Waals surface area contributed by atoms with Gasteiger partial charge in [0, 0.05) is 18.0 Å². The number of hydrogen-bond acceptors (Lipinski definition) is 3. The monoisotopic (exact) mass is 304 g/mol. The summed E-state index contributed by atoms with van der Waals surface area (Å²) in [6, 6.07) is 8.73. The lowest BCUT2D eigenvalue weighted by Gasteiger charge is -2.36. The Bertz CT molecular complexity index is 662. The number of nitrogens with one attached hydrogen (secondary N) is 1. The van der Waals surface area contributed by atoms with Crippen LogP contribution in [0.25, 0.3) is 0 Å². The summed E-state index contributed by atoms with van der Waals surface area (Å²) in [5.41, 5.74) is 0.988. The maximum atomic E-state index is 12.9. The van der Waals surface area contributed by atoms with Gasteiger partial charge in [-0.1, -0.05) is 12.1 Å². The SMILES string of the molecule is CN1CC[C@H](c2cc(=O)[nH]o2)C[C@H]1CCc1ccc(F)cc1. The van der Waals surface area contributed by atoms with Gasteiger partial charge >= 0.3 is 0 Å². The molecule has 0 bridgehead atoms. The van der Waals surface area contributed by atoms with E-state index in [1.54, 1.807) is 6.07 Å². The van der Waals surface area contributed by atoms with Crippen LogP contribution >= 0.6 is 0 Å². The first-order valence-corrected chi connectivity index (χ1v) is 7.75. The molecule has 0 amide bonds. The molecule has 4 nitrogen and oxygen atoms in total.